The first kappa shape index (κ1) is 28.6. The van der Waals surface area contributed by atoms with Crippen LogP contribution in [0.25, 0.3) is 0 Å². The topological polar surface area (TPSA) is 90.5 Å². The van der Waals surface area contributed by atoms with E-state index < -0.39 is 5.91 Å². The van der Waals surface area contributed by atoms with Crippen LogP contribution in [0.4, 0.5) is 4.79 Å². The highest BCUT2D eigenvalue weighted by Gasteiger charge is 2.30. The highest BCUT2D eigenvalue weighted by atomic mass is 35.5. The van der Waals surface area contributed by atoms with Crippen molar-refractivity contribution in [1.29, 1.82) is 0 Å². The number of benzene rings is 3. The van der Waals surface area contributed by atoms with Crippen LogP contribution in [0.3, 0.4) is 0 Å². The molecule has 0 bridgehead atoms. The average Bonchev–Trinajstić information content (AvgIpc) is 3.33. The van der Waals surface area contributed by atoms with Crippen molar-refractivity contribution in [2.75, 3.05) is 19.6 Å². The predicted molar refractivity (Wildman–Crippen MR) is 158 cm³/mol. The Labute approximate surface area is 252 Å². The number of fused-ring (bicyclic) bond motifs is 2. The molecule has 0 fully saturated rings. The molecule has 0 spiro atoms. The summed E-state index contributed by atoms with van der Waals surface area (Å²) < 4.78 is 0. The first-order chi connectivity index (χ1) is 19.2. The lowest BCUT2D eigenvalue weighted by atomic mass is 9.95. The number of nitrogens with zero attached hydrogens (tertiary/aromatic N) is 1. The van der Waals surface area contributed by atoms with Crippen molar-refractivity contribution in [3.63, 3.8) is 0 Å². The summed E-state index contributed by atoms with van der Waals surface area (Å²) in [6, 6.07) is 14.5. The molecule has 0 saturated heterocycles. The summed E-state index contributed by atoms with van der Waals surface area (Å²) in [7, 11) is 0. The molecule has 11 heteroatoms. The molecule has 1 atom stereocenters. The quantitative estimate of drug-likeness (QED) is 0.274. The smallest absolute Gasteiger partial charge is 0.315 e. The fraction of sp³-hybridized carbons (Fsp3) is 0.276. The molecule has 0 radical (unpaired) electrons. The van der Waals surface area contributed by atoms with Gasteiger partial charge in [0.05, 0.1) is 31.7 Å². The van der Waals surface area contributed by atoms with Crippen LogP contribution in [0.2, 0.25) is 20.1 Å². The summed E-state index contributed by atoms with van der Waals surface area (Å²) in [6.07, 6.45) is 2.25. The zero-order chi connectivity index (χ0) is 28.4. The Morgan fingerprint density at radius 1 is 0.900 bits per heavy atom. The Kier molecular flexibility index (Phi) is 8.76. The first-order valence-corrected chi connectivity index (χ1v) is 14.4. The molecule has 40 heavy (non-hydrogen) atoms. The molecule has 1 aliphatic heterocycles. The van der Waals surface area contributed by atoms with Gasteiger partial charge in [-0.2, -0.15) is 0 Å². The number of rotatable bonds is 7. The van der Waals surface area contributed by atoms with Gasteiger partial charge >= 0.3 is 6.03 Å². The number of halogens is 4. The van der Waals surface area contributed by atoms with Gasteiger partial charge in [0.1, 0.15) is 0 Å². The Hall–Kier alpha value is -2.97. The van der Waals surface area contributed by atoms with Crippen LogP contribution in [0.15, 0.2) is 48.5 Å². The van der Waals surface area contributed by atoms with Crippen molar-refractivity contribution in [3.8, 4) is 0 Å². The maximum absolute atomic E-state index is 13.2. The number of urea groups is 1. The van der Waals surface area contributed by atoms with Gasteiger partial charge in [0, 0.05) is 31.7 Å². The van der Waals surface area contributed by atoms with Crippen molar-refractivity contribution >= 4 is 64.2 Å². The molecule has 2 aliphatic rings. The molecule has 5 rings (SSSR count). The van der Waals surface area contributed by atoms with E-state index in [9.17, 15) is 14.4 Å². The largest absolute Gasteiger partial charge is 0.350 e. The van der Waals surface area contributed by atoms with Gasteiger partial charge in [-0.1, -0.05) is 76.7 Å². The minimum absolute atomic E-state index is 0.0264. The number of carbonyl (C=O) groups excluding carboxylic acids is 3. The third-order valence-corrected chi connectivity index (χ3v) is 8.64. The van der Waals surface area contributed by atoms with Gasteiger partial charge in [0.15, 0.2) is 0 Å². The SMILES string of the molecule is O=C(NCCNC(=O)c1c(Cl)cc2c(c1Cl)CCN(Cc1ccc(Cl)c(Cl)c1)C2=O)N[C@@H]1CCc2ccccc21. The number of amides is 4. The lowest BCUT2D eigenvalue weighted by molar-refractivity contribution is 0.0726. The second kappa shape index (κ2) is 12.3. The van der Waals surface area contributed by atoms with E-state index in [-0.39, 0.29) is 46.7 Å². The molecule has 208 valence electrons. The zero-order valence-corrected chi connectivity index (χ0v) is 24.4. The Balaban J connectivity index is 1.16. The van der Waals surface area contributed by atoms with Crippen LogP contribution >= 0.6 is 46.4 Å². The van der Waals surface area contributed by atoms with E-state index in [4.69, 9.17) is 46.4 Å². The zero-order valence-electron chi connectivity index (χ0n) is 21.3. The van der Waals surface area contributed by atoms with Gasteiger partial charge in [-0.05, 0) is 59.7 Å². The van der Waals surface area contributed by atoms with Gasteiger partial charge in [0.25, 0.3) is 11.8 Å². The molecule has 0 unspecified atom stereocenters. The molecular formula is C29H26Cl4N4O3. The molecular weight excluding hydrogens is 594 g/mol. The number of hydrogen-bond donors (Lipinski definition) is 3. The Bertz CT molecular complexity index is 1500. The fourth-order valence-electron chi connectivity index (χ4n) is 5.19. The van der Waals surface area contributed by atoms with E-state index in [2.05, 4.69) is 22.0 Å². The second-order valence-electron chi connectivity index (χ2n) is 9.74. The van der Waals surface area contributed by atoms with Crippen molar-refractivity contribution in [1.82, 2.24) is 20.9 Å². The van der Waals surface area contributed by atoms with E-state index in [1.165, 1.54) is 11.6 Å². The lowest BCUT2D eigenvalue weighted by Crippen LogP contribution is -2.41. The predicted octanol–water partition coefficient (Wildman–Crippen LogP) is 6.22. The molecule has 1 heterocycles. The second-order valence-corrected chi connectivity index (χ2v) is 11.3. The normalized spacial score (nSPS) is 15.8. The van der Waals surface area contributed by atoms with E-state index >= 15 is 0 Å². The number of aryl methyl sites for hydroxylation is 1. The monoisotopic (exact) mass is 618 g/mol. The van der Waals surface area contributed by atoms with E-state index in [0.717, 1.165) is 24.0 Å². The van der Waals surface area contributed by atoms with Gasteiger partial charge in [-0.25, -0.2) is 4.79 Å². The van der Waals surface area contributed by atoms with Gasteiger partial charge in [-0.3, -0.25) is 9.59 Å². The van der Waals surface area contributed by atoms with Crippen LogP contribution in [-0.4, -0.2) is 42.4 Å². The Morgan fingerprint density at radius 3 is 2.48 bits per heavy atom. The van der Waals surface area contributed by atoms with Gasteiger partial charge < -0.3 is 20.9 Å². The third kappa shape index (κ3) is 6.03. The standard InChI is InChI=1S/C29H26Cl4N4O3/c30-21-7-5-16(13-22(21)31)15-37-12-9-19-20(28(37)39)14-23(32)25(26(19)33)27(38)34-10-11-35-29(40)36-24-8-6-17-3-1-2-4-18(17)24/h1-5,7,13-14,24H,6,8-12,15H2,(H,34,38)(H2,35,36,40)/t24-/m1/s1. The molecule has 7 nitrogen and oxygen atoms in total. The van der Waals surface area contributed by atoms with Crippen LogP contribution in [0.1, 0.15) is 55.4 Å². The lowest BCUT2D eigenvalue weighted by Gasteiger charge is -2.30. The number of carbonyl (C=O) groups is 3. The van der Waals surface area contributed by atoms with Crippen molar-refractivity contribution in [2.24, 2.45) is 0 Å². The van der Waals surface area contributed by atoms with Crippen molar-refractivity contribution in [2.45, 2.75) is 31.8 Å². The van der Waals surface area contributed by atoms with Crippen LogP contribution in [0, 0.1) is 0 Å². The molecule has 4 amide bonds. The summed E-state index contributed by atoms with van der Waals surface area (Å²) in [4.78, 5) is 40.2. The van der Waals surface area contributed by atoms with E-state index in [1.54, 1.807) is 17.0 Å². The van der Waals surface area contributed by atoms with Crippen molar-refractivity contribution in [3.05, 3.63) is 102 Å². The van der Waals surface area contributed by atoms with Crippen LogP contribution in [0.5, 0.6) is 0 Å². The molecule has 0 saturated carbocycles. The average molecular weight is 620 g/mol. The van der Waals surface area contributed by atoms with Gasteiger partial charge in [0.2, 0.25) is 0 Å². The highest BCUT2D eigenvalue weighted by molar-refractivity contribution is 6.42. The van der Waals surface area contributed by atoms with Crippen LogP contribution in [-0.2, 0) is 19.4 Å². The van der Waals surface area contributed by atoms with E-state index in [1.807, 2.05) is 24.3 Å². The Morgan fingerprint density at radius 2 is 1.68 bits per heavy atom. The van der Waals surface area contributed by atoms with Gasteiger partial charge in [-0.15, -0.1) is 0 Å². The minimum atomic E-state index is -0.476. The number of nitrogens with one attached hydrogen (secondary N) is 3. The fourth-order valence-corrected chi connectivity index (χ4v) is 6.23. The summed E-state index contributed by atoms with van der Waals surface area (Å²) in [5.41, 5.74) is 4.29. The summed E-state index contributed by atoms with van der Waals surface area (Å²) in [5.74, 6) is -0.710. The summed E-state index contributed by atoms with van der Waals surface area (Å²) in [6.45, 7) is 1.15. The maximum Gasteiger partial charge on any atom is 0.315 e. The maximum atomic E-state index is 13.2. The van der Waals surface area contributed by atoms with E-state index in [0.29, 0.717) is 40.7 Å². The summed E-state index contributed by atoms with van der Waals surface area (Å²) >= 11 is 25.2. The highest BCUT2D eigenvalue weighted by Crippen LogP contribution is 2.35. The molecule has 3 aromatic carbocycles. The number of hydrogen-bond acceptors (Lipinski definition) is 3. The minimum Gasteiger partial charge on any atom is -0.350 e. The summed E-state index contributed by atoms with van der Waals surface area (Å²) in [5, 5.41) is 9.60. The van der Waals surface area contributed by atoms with Crippen LogP contribution < -0.4 is 16.0 Å². The third-order valence-electron chi connectivity index (χ3n) is 7.19. The molecule has 3 N–H and O–H groups in total. The first-order valence-electron chi connectivity index (χ1n) is 12.9. The molecule has 3 aromatic rings. The molecule has 0 aromatic heterocycles. The molecule has 1 aliphatic carbocycles. The van der Waals surface area contributed by atoms with Crippen molar-refractivity contribution < 1.29 is 14.4 Å².